The number of rotatable bonds is 5. The van der Waals surface area contributed by atoms with Crippen LogP contribution in [0.25, 0.3) is 0 Å². The number of hydrogen-bond acceptors (Lipinski definition) is 3. The average molecular weight is 241 g/mol. The van der Waals surface area contributed by atoms with Crippen LogP contribution in [0.15, 0.2) is 18.2 Å². The topological polar surface area (TPSA) is 47.6 Å². The van der Waals surface area contributed by atoms with Gasteiger partial charge in [0.15, 0.2) is 6.29 Å². The molecule has 0 aromatic heterocycles. The standard InChI is InChI=1S/C12H16FNO3/c1-8-4-5-9(13)6-10(8)12(15)14-7-11(16-2)17-3/h4-6,11H,7H2,1-3H3,(H,14,15). The summed E-state index contributed by atoms with van der Waals surface area (Å²) in [6.07, 6.45) is -0.507. The van der Waals surface area contributed by atoms with E-state index in [2.05, 4.69) is 5.32 Å². The first-order valence-electron chi connectivity index (χ1n) is 5.18. The Kier molecular flexibility index (Phi) is 5.06. The van der Waals surface area contributed by atoms with Gasteiger partial charge in [-0.2, -0.15) is 0 Å². The smallest absolute Gasteiger partial charge is 0.251 e. The number of carbonyl (C=O) groups is 1. The van der Waals surface area contributed by atoms with Gasteiger partial charge in [-0.1, -0.05) is 6.07 Å². The van der Waals surface area contributed by atoms with Crippen molar-refractivity contribution >= 4 is 5.91 Å². The van der Waals surface area contributed by atoms with Gasteiger partial charge in [-0.15, -0.1) is 0 Å². The Hall–Kier alpha value is -1.46. The molecule has 0 heterocycles. The molecule has 0 aliphatic carbocycles. The van der Waals surface area contributed by atoms with Crippen molar-refractivity contribution in [1.29, 1.82) is 0 Å². The molecule has 94 valence electrons. The molecule has 0 atom stereocenters. The molecule has 0 radical (unpaired) electrons. The van der Waals surface area contributed by atoms with Crippen molar-refractivity contribution in [3.8, 4) is 0 Å². The van der Waals surface area contributed by atoms with E-state index in [1.54, 1.807) is 13.0 Å². The summed E-state index contributed by atoms with van der Waals surface area (Å²) in [7, 11) is 2.96. The van der Waals surface area contributed by atoms with Gasteiger partial charge in [0.25, 0.3) is 5.91 Å². The fraction of sp³-hybridized carbons (Fsp3) is 0.417. The molecule has 17 heavy (non-hydrogen) atoms. The summed E-state index contributed by atoms with van der Waals surface area (Å²) in [5.74, 6) is -0.781. The summed E-state index contributed by atoms with van der Waals surface area (Å²) in [5.41, 5.74) is 1.03. The summed E-state index contributed by atoms with van der Waals surface area (Å²) in [5, 5.41) is 2.61. The molecule has 0 saturated carbocycles. The maximum atomic E-state index is 13.0. The van der Waals surface area contributed by atoms with E-state index in [0.717, 1.165) is 5.56 Å². The van der Waals surface area contributed by atoms with E-state index < -0.39 is 12.1 Å². The van der Waals surface area contributed by atoms with Crippen molar-refractivity contribution < 1.29 is 18.7 Å². The first kappa shape index (κ1) is 13.6. The molecule has 0 aliphatic heterocycles. The van der Waals surface area contributed by atoms with Crippen LogP contribution in [0, 0.1) is 12.7 Å². The minimum absolute atomic E-state index is 0.210. The lowest BCUT2D eigenvalue weighted by atomic mass is 10.1. The maximum Gasteiger partial charge on any atom is 0.251 e. The number of ether oxygens (including phenoxy) is 2. The van der Waals surface area contributed by atoms with Gasteiger partial charge < -0.3 is 14.8 Å². The van der Waals surface area contributed by atoms with Crippen LogP contribution in [-0.4, -0.2) is 33.0 Å². The van der Waals surface area contributed by atoms with Gasteiger partial charge in [0, 0.05) is 19.8 Å². The number of nitrogens with one attached hydrogen (secondary N) is 1. The third kappa shape index (κ3) is 3.80. The van der Waals surface area contributed by atoms with Crippen molar-refractivity contribution in [2.75, 3.05) is 20.8 Å². The first-order valence-corrected chi connectivity index (χ1v) is 5.18. The SMILES string of the molecule is COC(CNC(=O)c1cc(F)ccc1C)OC. The molecule has 0 fully saturated rings. The van der Waals surface area contributed by atoms with Crippen molar-refractivity contribution in [1.82, 2.24) is 5.32 Å². The van der Waals surface area contributed by atoms with Crippen LogP contribution >= 0.6 is 0 Å². The predicted octanol–water partition coefficient (Wildman–Crippen LogP) is 1.48. The Labute approximate surface area is 99.7 Å². The Bertz CT molecular complexity index is 391. The van der Waals surface area contributed by atoms with Crippen LogP contribution in [0.5, 0.6) is 0 Å². The number of hydrogen-bond donors (Lipinski definition) is 1. The van der Waals surface area contributed by atoms with Gasteiger partial charge in [0.2, 0.25) is 0 Å². The van der Waals surface area contributed by atoms with E-state index in [0.29, 0.717) is 5.56 Å². The van der Waals surface area contributed by atoms with Crippen molar-refractivity contribution in [2.45, 2.75) is 13.2 Å². The molecule has 1 aromatic carbocycles. The Morgan fingerprint density at radius 3 is 2.65 bits per heavy atom. The molecular formula is C12H16FNO3. The summed E-state index contributed by atoms with van der Waals surface area (Å²) < 4.78 is 22.9. The molecule has 0 aliphatic rings. The lowest BCUT2D eigenvalue weighted by Crippen LogP contribution is -2.34. The van der Waals surface area contributed by atoms with E-state index in [1.807, 2.05) is 0 Å². The van der Waals surface area contributed by atoms with E-state index >= 15 is 0 Å². The molecule has 0 spiro atoms. The van der Waals surface area contributed by atoms with Gasteiger partial charge in [0.05, 0.1) is 6.54 Å². The normalized spacial score (nSPS) is 10.6. The molecule has 1 amide bonds. The van der Waals surface area contributed by atoms with Crippen LogP contribution < -0.4 is 5.32 Å². The Morgan fingerprint density at radius 2 is 2.06 bits per heavy atom. The quantitative estimate of drug-likeness (QED) is 0.794. The second-order valence-electron chi connectivity index (χ2n) is 3.57. The van der Waals surface area contributed by atoms with Crippen molar-refractivity contribution in [3.63, 3.8) is 0 Å². The molecule has 5 heteroatoms. The second-order valence-corrected chi connectivity index (χ2v) is 3.57. The number of aryl methyl sites for hydroxylation is 1. The van der Waals surface area contributed by atoms with Gasteiger partial charge in [0.1, 0.15) is 5.82 Å². The third-order valence-electron chi connectivity index (χ3n) is 2.40. The Morgan fingerprint density at radius 1 is 1.41 bits per heavy atom. The molecule has 1 aromatic rings. The van der Waals surface area contributed by atoms with Crippen LogP contribution in [0.3, 0.4) is 0 Å². The van der Waals surface area contributed by atoms with E-state index in [4.69, 9.17) is 9.47 Å². The molecule has 0 bridgehead atoms. The highest BCUT2D eigenvalue weighted by atomic mass is 19.1. The lowest BCUT2D eigenvalue weighted by molar-refractivity contribution is -0.0974. The van der Waals surface area contributed by atoms with Gasteiger partial charge in [-0.25, -0.2) is 4.39 Å². The van der Waals surface area contributed by atoms with Crippen LogP contribution in [0.4, 0.5) is 4.39 Å². The minimum atomic E-state index is -0.507. The number of methoxy groups -OCH3 is 2. The van der Waals surface area contributed by atoms with Crippen LogP contribution in [0.2, 0.25) is 0 Å². The highest BCUT2D eigenvalue weighted by molar-refractivity contribution is 5.95. The zero-order chi connectivity index (χ0) is 12.8. The summed E-state index contributed by atoms with van der Waals surface area (Å²) in [4.78, 5) is 11.8. The zero-order valence-electron chi connectivity index (χ0n) is 10.1. The van der Waals surface area contributed by atoms with E-state index in [9.17, 15) is 9.18 Å². The minimum Gasteiger partial charge on any atom is -0.354 e. The highest BCUT2D eigenvalue weighted by Gasteiger charge is 2.12. The van der Waals surface area contributed by atoms with Gasteiger partial charge in [-0.3, -0.25) is 4.79 Å². The van der Waals surface area contributed by atoms with E-state index in [-0.39, 0.29) is 12.5 Å². The molecule has 0 unspecified atom stereocenters. The molecule has 1 rings (SSSR count). The molecular weight excluding hydrogens is 225 g/mol. The predicted molar refractivity (Wildman–Crippen MR) is 61.3 cm³/mol. The van der Waals surface area contributed by atoms with Gasteiger partial charge in [-0.05, 0) is 24.6 Å². The van der Waals surface area contributed by atoms with Crippen molar-refractivity contribution in [2.24, 2.45) is 0 Å². The summed E-state index contributed by atoms with van der Waals surface area (Å²) in [6, 6.07) is 4.09. The second kappa shape index (κ2) is 6.32. The average Bonchev–Trinajstić information content (AvgIpc) is 2.33. The molecule has 1 N–H and O–H groups in total. The summed E-state index contributed by atoms with van der Waals surface area (Å²) in [6.45, 7) is 1.96. The monoisotopic (exact) mass is 241 g/mol. The third-order valence-corrected chi connectivity index (χ3v) is 2.40. The van der Waals surface area contributed by atoms with Crippen LogP contribution in [0.1, 0.15) is 15.9 Å². The fourth-order valence-electron chi connectivity index (χ4n) is 1.37. The zero-order valence-corrected chi connectivity index (χ0v) is 10.1. The van der Waals surface area contributed by atoms with Crippen LogP contribution in [-0.2, 0) is 9.47 Å². The van der Waals surface area contributed by atoms with Crippen molar-refractivity contribution in [3.05, 3.63) is 35.1 Å². The number of halogens is 1. The summed E-state index contributed by atoms with van der Waals surface area (Å²) >= 11 is 0. The molecule has 0 saturated heterocycles. The number of amides is 1. The number of carbonyl (C=O) groups excluding carboxylic acids is 1. The van der Waals surface area contributed by atoms with Gasteiger partial charge >= 0.3 is 0 Å². The first-order chi connectivity index (χ1) is 8.08. The highest BCUT2D eigenvalue weighted by Crippen LogP contribution is 2.09. The Balaban J connectivity index is 2.66. The largest absolute Gasteiger partial charge is 0.354 e. The maximum absolute atomic E-state index is 13.0. The van der Waals surface area contributed by atoms with E-state index in [1.165, 1.54) is 26.4 Å². The molecule has 4 nitrogen and oxygen atoms in total. The fourth-order valence-corrected chi connectivity index (χ4v) is 1.37. The lowest BCUT2D eigenvalue weighted by Gasteiger charge is -2.14. The number of benzene rings is 1.